The van der Waals surface area contributed by atoms with Crippen LogP contribution in [0.3, 0.4) is 0 Å². The van der Waals surface area contributed by atoms with Gasteiger partial charge >= 0.3 is 6.09 Å². The molecule has 1 heterocycles. The van der Waals surface area contributed by atoms with Crippen LogP contribution in [0, 0.1) is 0 Å². The summed E-state index contributed by atoms with van der Waals surface area (Å²) >= 11 is 0. The zero-order valence-corrected chi connectivity index (χ0v) is 18.6. The average Bonchev–Trinajstić information content (AvgIpc) is 2.97. The van der Waals surface area contributed by atoms with Crippen LogP contribution in [0.1, 0.15) is 33.5 Å². The number of hydrogen-bond acceptors (Lipinski definition) is 4. The van der Waals surface area contributed by atoms with Crippen LogP contribution in [0.4, 0.5) is 4.79 Å². The maximum absolute atomic E-state index is 11.6. The van der Waals surface area contributed by atoms with Crippen molar-refractivity contribution in [2.24, 2.45) is 4.99 Å². The van der Waals surface area contributed by atoms with E-state index in [-0.39, 0.29) is 24.0 Å². The number of para-hydroxylation sites is 1. The van der Waals surface area contributed by atoms with Gasteiger partial charge in [0.1, 0.15) is 23.5 Å². The van der Waals surface area contributed by atoms with Gasteiger partial charge in [-0.2, -0.15) is 0 Å². The molecule has 0 atom stereocenters. The van der Waals surface area contributed by atoms with Crippen LogP contribution in [0.25, 0.3) is 11.0 Å². The third-order valence-electron chi connectivity index (χ3n) is 3.30. The number of furan rings is 1. The molecule has 0 bridgehead atoms. The molecule has 0 saturated heterocycles. The number of nitrogens with one attached hydrogen (secondary N) is 3. The second-order valence-corrected chi connectivity index (χ2v) is 6.80. The Morgan fingerprint density at radius 2 is 1.85 bits per heavy atom. The first-order chi connectivity index (χ1) is 12.4. The van der Waals surface area contributed by atoms with Crippen molar-refractivity contribution in [2.75, 3.05) is 19.6 Å². The number of alkyl carbamates (subject to hydrolysis) is 1. The first-order valence-corrected chi connectivity index (χ1v) is 8.84. The highest BCUT2D eigenvalue weighted by Gasteiger charge is 2.15. The first kappa shape index (κ1) is 23.1. The number of ether oxygens (including phenoxy) is 1. The molecule has 0 spiro atoms. The summed E-state index contributed by atoms with van der Waals surface area (Å²) in [6.07, 6.45) is -0.427. The molecule has 0 aliphatic rings. The van der Waals surface area contributed by atoms with Gasteiger partial charge in [-0.05, 0) is 39.8 Å². The lowest BCUT2D eigenvalue weighted by atomic mass is 10.2. The van der Waals surface area contributed by atoms with Gasteiger partial charge in [-0.15, -0.1) is 24.0 Å². The average molecular weight is 488 g/mol. The van der Waals surface area contributed by atoms with E-state index in [1.807, 2.05) is 58.0 Å². The van der Waals surface area contributed by atoms with Crippen LogP contribution in [-0.2, 0) is 11.3 Å². The molecule has 8 heteroatoms. The zero-order chi connectivity index (χ0) is 19.0. The number of benzene rings is 1. The van der Waals surface area contributed by atoms with Crippen molar-refractivity contribution >= 4 is 47.0 Å². The number of carbonyl (C=O) groups is 1. The Bertz CT molecular complexity index is 720. The number of fused-ring (bicyclic) bond motifs is 1. The van der Waals surface area contributed by atoms with Gasteiger partial charge in [-0.1, -0.05) is 18.2 Å². The lowest BCUT2D eigenvalue weighted by molar-refractivity contribution is 0.0529. The van der Waals surface area contributed by atoms with Gasteiger partial charge in [-0.25, -0.2) is 9.79 Å². The fraction of sp³-hybridized carbons (Fsp3) is 0.474. The SMILES string of the molecule is CCNC(=NCc1cc2ccccc2o1)NCCNC(=O)OC(C)(C)C.I. The third-order valence-corrected chi connectivity index (χ3v) is 3.30. The molecule has 0 fully saturated rings. The highest BCUT2D eigenvalue weighted by atomic mass is 127. The lowest BCUT2D eigenvalue weighted by Crippen LogP contribution is -2.42. The van der Waals surface area contributed by atoms with Crippen molar-refractivity contribution in [3.8, 4) is 0 Å². The van der Waals surface area contributed by atoms with Gasteiger partial charge in [0.05, 0.1) is 0 Å². The van der Waals surface area contributed by atoms with Crippen LogP contribution < -0.4 is 16.0 Å². The number of nitrogens with zero attached hydrogens (tertiary/aromatic N) is 1. The molecule has 1 aromatic heterocycles. The largest absolute Gasteiger partial charge is 0.459 e. The van der Waals surface area contributed by atoms with Gasteiger partial charge in [0.25, 0.3) is 0 Å². The molecule has 27 heavy (non-hydrogen) atoms. The van der Waals surface area contributed by atoms with Crippen LogP contribution in [-0.4, -0.2) is 37.3 Å². The summed E-state index contributed by atoms with van der Waals surface area (Å²) in [6.45, 7) is 9.64. The summed E-state index contributed by atoms with van der Waals surface area (Å²) in [7, 11) is 0. The lowest BCUT2D eigenvalue weighted by Gasteiger charge is -2.19. The van der Waals surface area contributed by atoms with Crippen LogP contribution in [0.2, 0.25) is 0 Å². The minimum Gasteiger partial charge on any atom is -0.459 e. The second kappa shape index (κ2) is 11.0. The Labute approximate surface area is 177 Å². The number of hydrogen-bond donors (Lipinski definition) is 3. The molecule has 2 rings (SSSR count). The summed E-state index contributed by atoms with van der Waals surface area (Å²) in [6, 6.07) is 9.87. The molecule has 0 radical (unpaired) electrons. The van der Waals surface area contributed by atoms with Crippen LogP contribution in [0.15, 0.2) is 39.7 Å². The summed E-state index contributed by atoms with van der Waals surface area (Å²) < 4.78 is 11.0. The van der Waals surface area contributed by atoms with E-state index >= 15 is 0 Å². The number of aliphatic imine (C=N–C) groups is 1. The highest BCUT2D eigenvalue weighted by Crippen LogP contribution is 2.19. The van der Waals surface area contributed by atoms with Crippen molar-refractivity contribution in [1.82, 2.24) is 16.0 Å². The van der Waals surface area contributed by atoms with Crippen molar-refractivity contribution in [1.29, 1.82) is 0 Å². The van der Waals surface area contributed by atoms with E-state index in [4.69, 9.17) is 9.15 Å². The first-order valence-electron chi connectivity index (χ1n) is 8.84. The van der Waals surface area contributed by atoms with Crippen molar-refractivity contribution < 1.29 is 13.9 Å². The van der Waals surface area contributed by atoms with E-state index in [9.17, 15) is 4.79 Å². The fourth-order valence-corrected chi connectivity index (χ4v) is 2.27. The topological polar surface area (TPSA) is 87.9 Å². The molecule has 7 nitrogen and oxygen atoms in total. The normalized spacial score (nSPS) is 11.6. The summed E-state index contributed by atoms with van der Waals surface area (Å²) in [4.78, 5) is 16.1. The van der Waals surface area contributed by atoms with Gasteiger partial charge in [0, 0.05) is 25.0 Å². The number of rotatable bonds is 6. The number of amides is 1. The Morgan fingerprint density at radius 1 is 1.15 bits per heavy atom. The van der Waals surface area contributed by atoms with E-state index in [1.165, 1.54) is 0 Å². The smallest absolute Gasteiger partial charge is 0.407 e. The molecule has 0 saturated carbocycles. The summed E-state index contributed by atoms with van der Waals surface area (Å²) in [5.41, 5.74) is 0.359. The maximum atomic E-state index is 11.6. The van der Waals surface area contributed by atoms with Gasteiger partial charge < -0.3 is 25.1 Å². The van der Waals surface area contributed by atoms with E-state index in [2.05, 4.69) is 20.9 Å². The molecule has 0 unspecified atom stereocenters. The maximum Gasteiger partial charge on any atom is 0.407 e. The van der Waals surface area contributed by atoms with E-state index < -0.39 is 11.7 Å². The molecule has 0 aliphatic heterocycles. The minimum atomic E-state index is -0.500. The highest BCUT2D eigenvalue weighted by molar-refractivity contribution is 14.0. The van der Waals surface area contributed by atoms with Crippen molar-refractivity contribution in [3.05, 3.63) is 36.1 Å². The Hall–Kier alpha value is -1.97. The Kier molecular flexibility index (Phi) is 9.40. The molecule has 1 aromatic carbocycles. The summed E-state index contributed by atoms with van der Waals surface area (Å²) in [5, 5.41) is 10.1. The Balaban J connectivity index is 0.00000364. The quantitative estimate of drug-likeness (QED) is 0.250. The second-order valence-electron chi connectivity index (χ2n) is 6.80. The molecular formula is C19H29IN4O3. The third kappa shape index (κ3) is 8.51. The molecule has 1 amide bonds. The number of guanidine groups is 1. The van der Waals surface area contributed by atoms with Gasteiger partial charge in [0.15, 0.2) is 5.96 Å². The predicted octanol–water partition coefficient (Wildman–Crippen LogP) is 3.63. The van der Waals surface area contributed by atoms with Gasteiger partial charge in [0.2, 0.25) is 0 Å². The van der Waals surface area contributed by atoms with E-state index in [0.717, 1.165) is 23.3 Å². The molecule has 0 aliphatic carbocycles. The monoisotopic (exact) mass is 488 g/mol. The van der Waals surface area contributed by atoms with Gasteiger partial charge in [-0.3, -0.25) is 0 Å². The van der Waals surface area contributed by atoms with E-state index in [0.29, 0.717) is 25.6 Å². The predicted molar refractivity (Wildman–Crippen MR) is 119 cm³/mol. The van der Waals surface area contributed by atoms with Crippen LogP contribution in [0.5, 0.6) is 0 Å². The number of carbonyl (C=O) groups excluding carboxylic acids is 1. The molecular weight excluding hydrogens is 459 g/mol. The molecule has 150 valence electrons. The summed E-state index contributed by atoms with van der Waals surface area (Å²) in [5.74, 6) is 1.47. The Morgan fingerprint density at radius 3 is 2.52 bits per heavy atom. The number of halogens is 1. The van der Waals surface area contributed by atoms with Crippen LogP contribution >= 0.6 is 24.0 Å². The fourth-order valence-electron chi connectivity index (χ4n) is 2.27. The van der Waals surface area contributed by atoms with Crippen molar-refractivity contribution in [3.63, 3.8) is 0 Å². The molecule has 2 aromatic rings. The zero-order valence-electron chi connectivity index (χ0n) is 16.3. The standard InChI is InChI=1S/C19H28N4O3.HI/c1-5-20-17(21-10-11-22-18(24)26-19(2,3)4)23-13-15-12-14-8-6-7-9-16(14)25-15;/h6-9,12H,5,10-11,13H2,1-4H3,(H,22,24)(H2,20,21,23);1H. The van der Waals surface area contributed by atoms with E-state index in [1.54, 1.807) is 0 Å². The van der Waals surface area contributed by atoms with Crippen molar-refractivity contribution in [2.45, 2.75) is 39.8 Å². The molecule has 3 N–H and O–H groups in total. The minimum absolute atomic E-state index is 0.